The quantitative estimate of drug-likeness (QED) is 0.579. The van der Waals surface area contributed by atoms with Crippen LogP contribution < -0.4 is 10.5 Å². The van der Waals surface area contributed by atoms with Gasteiger partial charge in [-0.1, -0.05) is 6.07 Å². The molecular weight excluding hydrogens is 208 g/mol. The summed E-state index contributed by atoms with van der Waals surface area (Å²) in [5.74, 6) is -0.564. The molecule has 0 heterocycles. The van der Waals surface area contributed by atoms with Crippen molar-refractivity contribution in [2.24, 2.45) is 5.73 Å². The zero-order valence-corrected chi connectivity index (χ0v) is 8.60. The van der Waals surface area contributed by atoms with E-state index in [9.17, 15) is 9.90 Å². The lowest BCUT2D eigenvalue weighted by Crippen LogP contribution is -2.12. The minimum Gasteiger partial charge on any atom is -0.504 e. The Morgan fingerprint density at radius 3 is 2.75 bits per heavy atom. The molecule has 0 aliphatic heterocycles. The number of phenolic OH excluding ortho intramolecular Hbond substituents is 1. The number of carbonyl (C=O) groups is 1. The zero-order chi connectivity index (χ0) is 12.1. The number of amides is 1. The van der Waals surface area contributed by atoms with Gasteiger partial charge in [-0.05, 0) is 23.8 Å². The van der Waals surface area contributed by atoms with Gasteiger partial charge in [0.1, 0.15) is 11.6 Å². The molecule has 0 aliphatic carbocycles. The summed E-state index contributed by atoms with van der Waals surface area (Å²) in [7, 11) is 1.43. The first-order valence-corrected chi connectivity index (χ1v) is 4.37. The van der Waals surface area contributed by atoms with Gasteiger partial charge in [0.25, 0.3) is 5.91 Å². The number of ether oxygens (including phenoxy) is 1. The molecule has 1 rings (SSSR count). The lowest BCUT2D eigenvalue weighted by atomic mass is 10.1. The fourth-order valence-corrected chi connectivity index (χ4v) is 1.12. The van der Waals surface area contributed by atoms with Gasteiger partial charge in [0.2, 0.25) is 0 Å². The lowest BCUT2D eigenvalue weighted by Gasteiger charge is -2.03. The Morgan fingerprint density at radius 1 is 1.62 bits per heavy atom. The number of nitriles is 1. The molecule has 1 aromatic carbocycles. The summed E-state index contributed by atoms with van der Waals surface area (Å²) < 4.78 is 4.85. The number of aromatic hydroxyl groups is 1. The normalized spacial score (nSPS) is 10.6. The molecule has 1 aromatic rings. The van der Waals surface area contributed by atoms with Crippen LogP contribution in [0.4, 0.5) is 0 Å². The molecule has 0 aliphatic rings. The maximum atomic E-state index is 10.8. The van der Waals surface area contributed by atoms with Crippen LogP contribution in [0.25, 0.3) is 6.08 Å². The molecule has 5 nitrogen and oxygen atoms in total. The van der Waals surface area contributed by atoms with E-state index in [0.29, 0.717) is 11.3 Å². The van der Waals surface area contributed by atoms with E-state index in [-0.39, 0.29) is 11.3 Å². The summed E-state index contributed by atoms with van der Waals surface area (Å²) >= 11 is 0. The predicted molar refractivity (Wildman–Crippen MR) is 57.4 cm³/mol. The Morgan fingerprint density at radius 2 is 2.31 bits per heavy atom. The Kier molecular flexibility index (Phi) is 3.51. The van der Waals surface area contributed by atoms with Gasteiger partial charge in [-0.25, -0.2) is 0 Å². The highest BCUT2D eigenvalue weighted by Gasteiger charge is 2.05. The molecule has 1 amide bonds. The van der Waals surface area contributed by atoms with E-state index in [2.05, 4.69) is 0 Å². The van der Waals surface area contributed by atoms with Crippen molar-refractivity contribution in [3.8, 4) is 17.6 Å². The highest BCUT2D eigenvalue weighted by atomic mass is 16.5. The number of carbonyl (C=O) groups excluding carboxylic acids is 1. The number of benzene rings is 1. The molecule has 0 atom stereocenters. The van der Waals surface area contributed by atoms with Crippen molar-refractivity contribution in [2.75, 3.05) is 7.11 Å². The Hall–Kier alpha value is -2.48. The molecule has 0 spiro atoms. The summed E-state index contributed by atoms with van der Waals surface area (Å²) in [5.41, 5.74) is 5.29. The fourth-order valence-electron chi connectivity index (χ4n) is 1.12. The smallest absolute Gasteiger partial charge is 0.259 e. The van der Waals surface area contributed by atoms with Crippen LogP contribution in [0, 0.1) is 11.3 Å². The molecule has 0 unspecified atom stereocenters. The molecule has 0 bridgehead atoms. The highest BCUT2D eigenvalue weighted by Crippen LogP contribution is 2.27. The third kappa shape index (κ3) is 2.51. The van der Waals surface area contributed by atoms with Gasteiger partial charge in [0.15, 0.2) is 11.5 Å². The molecule has 5 heteroatoms. The Labute approximate surface area is 92.4 Å². The third-order valence-electron chi connectivity index (χ3n) is 1.90. The number of methoxy groups -OCH3 is 1. The number of hydrogen-bond donors (Lipinski definition) is 2. The SMILES string of the molecule is COc1ccc(C=C(C#N)C(N)=O)cc1O. The van der Waals surface area contributed by atoms with Crippen LogP contribution in [0.3, 0.4) is 0 Å². The number of rotatable bonds is 3. The topological polar surface area (TPSA) is 96.3 Å². The number of phenols is 1. The zero-order valence-electron chi connectivity index (χ0n) is 8.60. The number of nitrogens with two attached hydrogens (primary N) is 1. The van der Waals surface area contributed by atoms with E-state index >= 15 is 0 Å². The van der Waals surface area contributed by atoms with Crippen LogP contribution in [0.5, 0.6) is 11.5 Å². The van der Waals surface area contributed by atoms with E-state index in [1.807, 2.05) is 0 Å². The summed E-state index contributed by atoms with van der Waals surface area (Å²) in [6.07, 6.45) is 1.29. The van der Waals surface area contributed by atoms with Gasteiger partial charge < -0.3 is 15.6 Å². The summed E-state index contributed by atoms with van der Waals surface area (Å²) in [6, 6.07) is 6.17. The van der Waals surface area contributed by atoms with E-state index < -0.39 is 5.91 Å². The minimum atomic E-state index is -0.808. The molecule has 0 aromatic heterocycles. The average molecular weight is 218 g/mol. The second kappa shape index (κ2) is 4.84. The fraction of sp³-hybridized carbons (Fsp3) is 0.0909. The van der Waals surface area contributed by atoms with Crippen molar-refractivity contribution in [1.29, 1.82) is 5.26 Å². The van der Waals surface area contributed by atoms with Crippen LogP contribution in [0.2, 0.25) is 0 Å². The van der Waals surface area contributed by atoms with Crippen molar-refractivity contribution < 1.29 is 14.6 Å². The maximum Gasteiger partial charge on any atom is 0.259 e. The molecule has 0 saturated carbocycles. The third-order valence-corrected chi connectivity index (χ3v) is 1.90. The van der Waals surface area contributed by atoms with Crippen LogP contribution in [-0.2, 0) is 4.79 Å². The molecule has 0 saturated heterocycles. The van der Waals surface area contributed by atoms with Crippen molar-refractivity contribution >= 4 is 12.0 Å². The summed E-state index contributed by atoms with van der Waals surface area (Å²) in [5, 5.41) is 18.1. The number of primary amides is 1. The van der Waals surface area contributed by atoms with Crippen LogP contribution in [0.15, 0.2) is 23.8 Å². The lowest BCUT2D eigenvalue weighted by molar-refractivity contribution is -0.114. The molecule has 0 radical (unpaired) electrons. The second-order valence-corrected chi connectivity index (χ2v) is 2.97. The summed E-state index contributed by atoms with van der Waals surface area (Å²) in [6.45, 7) is 0. The van der Waals surface area contributed by atoms with Gasteiger partial charge in [-0.2, -0.15) is 5.26 Å². The monoisotopic (exact) mass is 218 g/mol. The molecule has 0 fully saturated rings. The van der Waals surface area contributed by atoms with Gasteiger partial charge in [-0.3, -0.25) is 4.79 Å². The molecular formula is C11H10N2O3. The maximum absolute atomic E-state index is 10.8. The van der Waals surface area contributed by atoms with Gasteiger partial charge in [-0.15, -0.1) is 0 Å². The van der Waals surface area contributed by atoms with Crippen molar-refractivity contribution in [2.45, 2.75) is 0 Å². The largest absolute Gasteiger partial charge is 0.504 e. The van der Waals surface area contributed by atoms with Gasteiger partial charge in [0, 0.05) is 0 Å². The van der Waals surface area contributed by atoms with E-state index in [0.717, 1.165) is 0 Å². The number of hydrogen-bond acceptors (Lipinski definition) is 4. The Bertz CT molecular complexity index is 486. The van der Waals surface area contributed by atoms with Gasteiger partial charge in [0.05, 0.1) is 7.11 Å². The van der Waals surface area contributed by atoms with Crippen molar-refractivity contribution in [3.63, 3.8) is 0 Å². The first-order valence-electron chi connectivity index (χ1n) is 4.37. The number of nitrogens with zero attached hydrogens (tertiary/aromatic N) is 1. The second-order valence-electron chi connectivity index (χ2n) is 2.97. The van der Waals surface area contributed by atoms with Crippen LogP contribution in [0.1, 0.15) is 5.56 Å². The minimum absolute atomic E-state index is 0.0713. The average Bonchev–Trinajstić information content (AvgIpc) is 2.25. The highest BCUT2D eigenvalue weighted by molar-refractivity contribution is 6.00. The van der Waals surface area contributed by atoms with Crippen molar-refractivity contribution in [1.82, 2.24) is 0 Å². The molecule has 82 valence electrons. The first-order chi connectivity index (χ1) is 7.58. The van der Waals surface area contributed by atoms with E-state index in [1.54, 1.807) is 12.1 Å². The molecule has 16 heavy (non-hydrogen) atoms. The van der Waals surface area contributed by atoms with Gasteiger partial charge >= 0.3 is 0 Å². The van der Waals surface area contributed by atoms with Crippen molar-refractivity contribution in [3.05, 3.63) is 29.3 Å². The molecule has 3 N–H and O–H groups in total. The first kappa shape index (κ1) is 11.6. The summed E-state index contributed by atoms with van der Waals surface area (Å²) in [4.78, 5) is 10.8. The Balaban J connectivity index is 3.12. The van der Waals surface area contributed by atoms with Crippen LogP contribution in [-0.4, -0.2) is 18.1 Å². The van der Waals surface area contributed by atoms with E-state index in [1.165, 1.54) is 25.3 Å². The standard InChI is InChI=1S/C11H10N2O3/c1-16-10-3-2-7(5-9(10)14)4-8(6-12)11(13)15/h2-5,14H,1H3,(H2,13,15). The van der Waals surface area contributed by atoms with Crippen LogP contribution >= 0.6 is 0 Å². The van der Waals surface area contributed by atoms with E-state index in [4.69, 9.17) is 15.7 Å². The predicted octanol–water partition coefficient (Wildman–Crippen LogP) is 0.793.